The summed E-state index contributed by atoms with van der Waals surface area (Å²) in [4.78, 5) is 0. The molecule has 2 rings (SSSR count). The molecule has 0 unspecified atom stereocenters. The molecule has 7 heteroatoms. The Morgan fingerprint density at radius 2 is 1.42 bits per heavy atom. The zero-order valence-corrected chi connectivity index (χ0v) is 14.7. The molecule has 0 radical (unpaired) electrons. The number of hydrogen-bond acceptors (Lipinski definition) is 3. The van der Waals surface area contributed by atoms with E-state index in [4.69, 9.17) is 27.0 Å². The third-order valence-electron chi connectivity index (χ3n) is 3.22. The number of benzene rings is 2. The highest BCUT2D eigenvalue weighted by molar-refractivity contribution is 5.96. The smallest absolute Gasteiger partial charge is 0.126 e. The summed E-state index contributed by atoms with van der Waals surface area (Å²) in [7, 11) is 1.58. The van der Waals surface area contributed by atoms with Crippen LogP contribution in [0.3, 0.4) is 0 Å². The first-order valence-electron chi connectivity index (χ1n) is 6.66. The normalized spacial score (nSPS) is 9.71. The Balaban J connectivity index is 0.00000264. The number of hydrogen-bond donors (Lipinski definition) is 4. The lowest BCUT2D eigenvalue weighted by molar-refractivity contribution is 0.414. The van der Waals surface area contributed by atoms with Crippen LogP contribution in [0.4, 0.5) is 0 Å². The average Bonchev–Trinajstić information content (AvgIpc) is 2.52. The summed E-state index contributed by atoms with van der Waals surface area (Å²) in [5.41, 5.74) is 14.1. The number of amidine groups is 2. The van der Waals surface area contributed by atoms with E-state index in [2.05, 4.69) is 0 Å². The Morgan fingerprint density at radius 1 is 0.875 bits per heavy atom. The Kier molecular flexibility index (Phi) is 8.60. The van der Waals surface area contributed by atoms with Gasteiger partial charge in [0.05, 0.1) is 7.11 Å². The van der Waals surface area contributed by atoms with E-state index in [-0.39, 0.29) is 36.5 Å². The highest BCUT2D eigenvalue weighted by atomic mass is 35.5. The minimum atomic E-state index is 0. The van der Waals surface area contributed by atoms with Gasteiger partial charge >= 0.3 is 0 Å². The molecule has 6 N–H and O–H groups in total. The molecule has 0 heterocycles. The number of methoxy groups -OCH3 is 1. The predicted octanol–water partition coefficient (Wildman–Crippen LogP) is 3.28. The van der Waals surface area contributed by atoms with Gasteiger partial charge in [0.1, 0.15) is 17.4 Å². The van der Waals surface area contributed by atoms with Gasteiger partial charge in [-0.05, 0) is 11.6 Å². The summed E-state index contributed by atoms with van der Waals surface area (Å²) in [6, 6.07) is 12.8. The van der Waals surface area contributed by atoms with Gasteiger partial charge in [-0.15, -0.1) is 24.8 Å². The van der Waals surface area contributed by atoms with Crippen molar-refractivity contribution in [3.05, 3.63) is 64.7 Å². The highest BCUT2D eigenvalue weighted by Crippen LogP contribution is 2.22. The maximum atomic E-state index is 7.45. The van der Waals surface area contributed by atoms with Gasteiger partial charge in [-0.1, -0.05) is 48.6 Å². The zero-order chi connectivity index (χ0) is 16.1. The number of nitrogens with two attached hydrogens (primary N) is 2. The van der Waals surface area contributed by atoms with Gasteiger partial charge < -0.3 is 16.2 Å². The largest absolute Gasteiger partial charge is 0.496 e. The SMILES string of the molecule is COc1cc(C(=N)N)ccc1/C=C/c1ccc(C(=N)N)cc1.Cl.Cl. The van der Waals surface area contributed by atoms with E-state index in [1.165, 1.54) is 0 Å². The van der Waals surface area contributed by atoms with Gasteiger partial charge in [-0.2, -0.15) is 0 Å². The van der Waals surface area contributed by atoms with Crippen LogP contribution in [0.2, 0.25) is 0 Å². The van der Waals surface area contributed by atoms with Crippen LogP contribution in [-0.4, -0.2) is 18.8 Å². The molecule has 0 aliphatic carbocycles. The Hall–Kier alpha value is -2.50. The maximum Gasteiger partial charge on any atom is 0.126 e. The minimum Gasteiger partial charge on any atom is -0.496 e. The minimum absolute atomic E-state index is 0. The van der Waals surface area contributed by atoms with Gasteiger partial charge in [0.25, 0.3) is 0 Å². The molecule has 0 saturated carbocycles. The molecule has 128 valence electrons. The van der Waals surface area contributed by atoms with Crippen LogP contribution in [0.5, 0.6) is 5.75 Å². The fraction of sp³-hybridized carbons (Fsp3) is 0.0588. The van der Waals surface area contributed by atoms with Crippen molar-refractivity contribution in [1.82, 2.24) is 0 Å². The maximum absolute atomic E-state index is 7.45. The summed E-state index contributed by atoms with van der Waals surface area (Å²) >= 11 is 0. The molecular formula is C17H20Cl2N4O. The first-order chi connectivity index (χ1) is 10.5. The van der Waals surface area contributed by atoms with Crippen LogP contribution in [0.1, 0.15) is 22.3 Å². The molecule has 0 amide bonds. The molecule has 5 nitrogen and oxygen atoms in total. The number of rotatable bonds is 5. The van der Waals surface area contributed by atoms with E-state index in [0.717, 1.165) is 11.1 Å². The molecule has 0 aromatic heterocycles. The van der Waals surface area contributed by atoms with Crippen LogP contribution in [0, 0.1) is 10.8 Å². The molecule has 24 heavy (non-hydrogen) atoms. The lowest BCUT2D eigenvalue weighted by atomic mass is 10.1. The van der Waals surface area contributed by atoms with Crippen molar-refractivity contribution in [1.29, 1.82) is 10.8 Å². The average molecular weight is 367 g/mol. The molecule has 0 saturated heterocycles. The topological polar surface area (TPSA) is 109 Å². The molecule has 0 bridgehead atoms. The fourth-order valence-electron chi connectivity index (χ4n) is 1.98. The standard InChI is InChI=1S/C17H18N4O.2ClH/c1-22-15-10-14(17(20)21)9-8-12(15)5-2-11-3-6-13(7-4-11)16(18)19;;/h2-10H,1H3,(H3,18,19)(H3,20,21);2*1H/b5-2+;;. The van der Waals surface area contributed by atoms with Crippen molar-refractivity contribution in [2.45, 2.75) is 0 Å². The third kappa shape index (κ3) is 5.30. The van der Waals surface area contributed by atoms with Crippen LogP contribution in [-0.2, 0) is 0 Å². The summed E-state index contributed by atoms with van der Waals surface area (Å²) in [5.74, 6) is 0.718. The zero-order valence-electron chi connectivity index (χ0n) is 13.1. The van der Waals surface area contributed by atoms with Gasteiger partial charge in [0.2, 0.25) is 0 Å². The fourth-order valence-corrected chi connectivity index (χ4v) is 1.98. The molecule has 2 aromatic carbocycles. The molecule has 0 spiro atoms. The van der Waals surface area contributed by atoms with Crippen molar-refractivity contribution in [3.63, 3.8) is 0 Å². The third-order valence-corrected chi connectivity index (χ3v) is 3.22. The quantitative estimate of drug-likeness (QED) is 0.370. The van der Waals surface area contributed by atoms with E-state index in [1.807, 2.05) is 30.4 Å². The summed E-state index contributed by atoms with van der Waals surface area (Å²) in [6.07, 6.45) is 3.86. The van der Waals surface area contributed by atoms with Crippen LogP contribution < -0.4 is 16.2 Å². The molecular weight excluding hydrogens is 347 g/mol. The van der Waals surface area contributed by atoms with Crippen LogP contribution in [0.25, 0.3) is 12.2 Å². The predicted molar refractivity (Wildman–Crippen MR) is 105 cm³/mol. The van der Waals surface area contributed by atoms with Crippen LogP contribution >= 0.6 is 24.8 Å². The Labute approximate surface area is 153 Å². The van der Waals surface area contributed by atoms with E-state index < -0.39 is 0 Å². The van der Waals surface area contributed by atoms with Crippen molar-refractivity contribution < 1.29 is 4.74 Å². The second kappa shape index (κ2) is 9.60. The first-order valence-corrected chi connectivity index (χ1v) is 6.66. The molecule has 0 aliphatic rings. The molecule has 2 aromatic rings. The molecule has 0 fully saturated rings. The number of nitrogen functional groups attached to an aromatic ring is 2. The van der Waals surface area contributed by atoms with E-state index >= 15 is 0 Å². The van der Waals surface area contributed by atoms with Crippen molar-refractivity contribution in [3.8, 4) is 5.75 Å². The first kappa shape index (κ1) is 21.5. The van der Waals surface area contributed by atoms with Gasteiger partial charge in [-0.3, -0.25) is 10.8 Å². The monoisotopic (exact) mass is 366 g/mol. The summed E-state index contributed by atoms with van der Waals surface area (Å²) in [5, 5.41) is 14.8. The second-order valence-electron chi connectivity index (χ2n) is 4.74. The highest BCUT2D eigenvalue weighted by Gasteiger charge is 2.04. The van der Waals surface area contributed by atoms with E-state index in [0.29, 0.717) is 16.9 Å². The summed E-state index contributed by atoms with van der Waals surface area (Å²) < 4.78 is 5.33. The molecule has 0 aliphatic heterocycles. The van der Waals surface area contributed by atoms with Gasteiger partial charge in [0.15, 0.2) is 0 Å². The van der Waals surface area contributed by atoms with Crippen molar-refractivity contribution >= 4 is 48.6 Å². The molecule has 0 atom stereocenters. The lowest BCUT2D eigenvalue weighted by Crippen LogP contribution is -2.11. The van der Waals surface area contributed by atoms with Crippen LogP contribution in [0.15, 0.2) is 42.5 Å². The Morgan fingerprint density at radius 3 is 1.92 bits per heavy atom. The van der Waals surface area contributed by atoms with Crippen molar-refractivity contribution in [2.75, 3.05) is 7.11 Å². The Bertz CT molecular complexity index is 743. The number of ether oxygens (including phenoxy) is 1. The summed E-state index contributed by atoms with van der Waals surface area (Å²) in [6.45, 7) is 0. The van der Waals surface area contributed by atoms with E-state index in [9.17, 15) is 0 Å². The van der Waals surface area contributed by atoms with Crippen molar-refractivity contribution in [2.24, 2.45) is 11.5 Å². The van der Waals surface area contributed by atoms with Gasteiger partial charge in [0, 0.05) is 16.7 Å². The number of halogens is 2. The van der Waals surface area contributed by atoms with Gasteiger partial charge in [-0.25, -0.2) is 0 Å². The number of nitrogens with one attached hydrogen (secondary N) is 2. The lowest BCUT2D eigenvalue weighted by Gasteiger charge is -2.07. The second-order valence-corrected chi connectivity index (χ2v) is 4.74. The van der Waals surface area contributed by atoms with E-state index in [1.54, 1.807) is 31.4 Å².